The standard InChI is InChI=1S/C13H15FN2S/c1-10-9-13(16(15-10)7-8-17-2)11-3-5-12(14)6-4-11/h3-6,9H,7-8H2,1-2H3. The summed E-state index contributed by atoms with van der Waals surface area (Å²) in [5.74, 6) is 0.815. The Morgan fingerprint density at radius 1 is 1.29 bits per heavy atom. The van der Waals surface area contributed by atoms with Crippen LogP contribution in [0.25, 0.3) is 11.3 Å². The molecule has 0 N–H and O–H groups in total. The molecular formula is C13H15FN2S. The minimum absolute atomic E-state index is 0.208. The van der Waals surface area contributed by atoms with Gasteiger partial charge in [0.2, 0.25) is 0 Å². The first-order valence-corrected chi connectivity index (χ1v) is 6.89. The molecule has 2 nitrogen and oxygen atoms in total. The Labute approximate surface area is 105 Å². The Balaban J connectivity index is 2.33. The summed E-state index contributed by atoms with van der Waals surface area (Å²) in [5.41, 5.74) is 3.05. The number of halogens is 1. The fraction of sp³-hybridized carbons (Fsp3) is 0.308. The van der Waals surface area contributed by atoms with Crippen molar-refractivity contribution in [3.05, 3.63) is 41.8 Å². The summed E-state index contributed by atoms with van der Waals surface area (Å²) >= 11 is 1.79. The summed E-state index contributed by atoms with van der Waals surface area (Å²) in [6, 6.07) is 8.59. The van der Waals surface area contributed by atoms with Crippen molar-refractivity contribution < 1.29 is 4.39 Å². The van der Waals surface area contributed by atoms with E-state index in [0.717, 1.165) is 29.2 Å². The van der Waals surface area contributed by atoms with Gasteiger partial charge in [0, 0.05) is 5.75 Å². The van der Waals surface area contributed by atoms with Crippen molar-refractivity contribution in [3.8, 4) is 11.3 Å². The summed E-state index contributed by atoms with van der Waals surface area (Å²) in [7, 11) is 0. The van der Waals surface area contributed by atoms with Crippen LogP contribution in [0.1, 0.15) is 5.69 Å². The minimum Gasteiger partial charge on any atom is -0.264 e. The lowest BCUT2D eigenvalue weighted by Gasteiger charge is -2.06. The van der Waals surface area contributed by atoms with E-state index in [4.69, 9.17) is 0 Å². The average Bonchev–Trinajstić information content (AvgIpc) is 2.69. The lowest BCUT2D eigenvalue weighted by atomic mass is 10.1. The summed E-state index contributed by atoms with van der Waals surface area (Å²) in [4.78, 5) is 0. The van der Waals surface area contributed by atoms with Gasteiger partial charge in [0.25, 0.3) is 0 Å². The molecule has 0 aliphatic heterocycles. The highest BCUT2D eigenvalue weighted by Crippen LogP contribution is 2.21. The van der Waals surface area contributed by atoms with E-state index in [1.807, 2.05) is 17.7 Å². The van der Waals surface area contributed by atoms with Gasteiger partial charge in [-0.3, -0.25) is 4.68 Å². The maximum absolute atomic E-state index is 12.9. The minimum atomic E-state index is -0.208. The van der Waals surface area contributed by atoms with Crippen LogP contribution in [0.15, 0.2) is 30.3 Å². The number of thioether (sulfide) groups is 1. The molecule has 4 heteroatoms. The summed E-state index contributed by atoms with van der Waals surface area (Å²) in [5, 5.41) is 4.46. The van der Waals surface area contributed by atoms with Crippen molar-refractivity contribution in [2.75, 3.05) is 12.0 Å². The van der Waals surface area contributed by atoms with Gasteiger partial charge in [-0.2, -0.15) is 16.9 Å². The van der Waals surface area contributed by atoms with Crippen LogP contribution in [-0.2, 0) is 6.54 Å². The van der Waals surface area contributed by atoms with Crippen molar-refractivity contribution >= 4 is 11.8 Å². The topological polar surface area (TPSA) is 17.8 Å². The molecule has 0 unspecified atom stereocenters. The molecule has 0 saturated carbocycles. The van der Waals surface area contributed by atoms with Crippen molar-refractivity contribution in [2.45, 2.75) is 13.5 Å². The Kier molecular flexibility index (Phi) is 3.84. The number of nitrogens with zero attached hydrogens (tertiary/aromatic N) is 2. The van der Waals surface area contributed by atoms with Crippen molar-refractivity contribution in [1.29, 1.82) is 0 Å². The highest BCUT2D eigenvalue weighted by Gasteiger charge is 2.07. The van der Waals surface area contributed by atoms with Gasteiger partial charge in [0.05, 0.1) is 17.9 Å². The van der Waals surface area contributed by atoms with Gasteiger partial charge in [-0.25, -0.2) is 4.39 Å². The molecule has 0 saturated heterocycles. The molecule has 17 heavy (non-hydrogen) atoms. The van der Waals surface area contributed by atoms with Crippen LogP contribution in [0.4, 0.5) is 4.39 Å². The second-order valence-electron chi connectivity index (χ2n) is 3.89. The zero-order valence-electron chi connectivity index (χ0n) is 9.98. The fourth-order valence-corrected chi connectivity index (χ4v) is 2.10. The number of rotatable bonds is 4. The third kappa shape index (κ3) is 2.88. The number of aromatic nitrogens is 2. The predicted octanol–water partition coefficient (Wildman–Crippen LogP) is 3.36. The van der Waals surface area contributed by atoms with Gasteiger partial charge in [-0.1, -0.05) is 0 Å². The zero-order chi connectivity index (χ0) is 12.3. The number of hydrogen-bond donors (Lipinski definition) is 0. The largest absolute Gasteiger partial charge is 0.264 e. The summed E-state index contributed by atoms with van der Waals surface area (Å²) in [6.45, 7) is 2.85. The number of hydrogen-bond acceptors (Lipinski definition) is 2. The van der Waals surface area contributed by atoms with Crippen LogP contribution >= 0.6 is 11.8 Å². The molecule has 0 spiro atoms. The first kappa shape index (κ1) is 12.2. The van der Waals surface area contributed by atoms with E-state index in [1.54, 1.807) is 23.9 Å². The highest BCUT2D eigenvalue weighted by molar-refractivity contribution is 7.98. The predicted molar refractivity (Wildman–Crippen MR) is 70.7 cm³/mol. The monoisotopic (exact) mass is 250 g/mol. The number of aryl methyl sites for hydroxylation is 2. The third-order valence-electron chi connectivity index (χ3n) is 2.55. The molecule has 0 atom stereocenters. The molecule has 2 aromatic rings. The lowest BCUT2D eigenvalue weighted by molar-refractivity contribution is 0.627. The first-order valence-electron chi connectivity index (χ1n) is 5.50. The van der Waals surface area contributed by atoms with Gasteiger partial charge in [0.1, 0.15) is 5.82 Å². The van der Waals surface area contributed by atoms with Crippen molar-refractivity contribution in [1.82, 2.24) is 9.78 Å². The SMILES string of the molecule is CSCCn1nc(C)cc1-c1ccc(F)cc1. The Bertz CT molecular complexity index is 491. The summed E-state index contributed by atoms with van der Waals surface area (Å²) in [6.07, 6.45) is 2.08. The highest BCUT2D eigenvalue weighted by atomic mass is 32.2. The Morgan fingerprint density at radius 2 is 2.00 bits per heavy atom. The third-order valence-corrected chi connectivity index (χ3v) is 3.14. The second-order valence-corrected chi connectivity index (χ2v) is 4.88. The molecule has 0 bridgehead atoms. The van der Waals surface area contributed by atoms with E-state index in [1.165, 1.54) is 12.1 Å². The van der Waals surface area contributed by atoms with Gasteiger partial charge in [-0.15, -0.1) is 0 Å². The van der Waals surface area contributed by atoms with Crippen molar-refractivity contribution in [3.63, 3.8) is 0 Å². The van der Waals surface area contributed by atoms with Crippen molar-refractivity contribution in [2.24, 2.45) is 0 Å². The molecule has 1 aromatic heterocycles. The molecule has 0 amide bonds. The van der Waals surface area contributed by atoms with Gasteiger partial charge >= 0.3 is 0 Å². The molecular weight excluding hydrogens is 235 g/mol. The zero-order valence-corrected chi connectivity index (χ0v) is 10.8. The second kappa shape index (κ2) is 5.36. The van der Waals surface area contributed by atoms with Crippen LogP contribution in [-0.4, -0.2) is 21.8 Å². The first-order chi connectivity index (χ1) is 8.20. The van der Waals surface area contributed by atoms with E-state index in [0.29, 0.717) is 0 Å². The van der Waals surface area contributed by atoms with E-state index >= 15 is 0 Å². The average molecular weight is 250 g/mol. The van der Waals surface area contributed by atoms with Gasteiger partial charge < -0.3 is 0 Å². The maximum atomic E-state index is 12.9. The van der Waals surface area contributed by atoms with Crippen LogP contribution in [0.3, 0.4) is 0 Å². The molecule has 0 aliphatic rings. The lowest BCUT2D eigenvalue weighted by Crippen LogP contribution is -2.04. The van der Waals surface area contributed by atoms with Crippen LogP contribution in [0.2, 0.25) is 0 Å². The van der Waals surface area contributed by atoms with E-state index in [-0.39, 0.29) is 5.82 Å². The van der Waals surface area contributed by atoms with E-state index < -0.39 is 0 Å². The Morgan fingerprint density at radius 3 is 2.65 bits per heavy atom. The van der Waals surface area contributed by atoms with Gasteiger partial charge in [0.15, 0.2) is 0 Å². The molecule has 90 valence electrons. The molecule has 0 radical (unpaired) electrons. The molecule has 1 aromatic carbocycles. The normalized spacial score (nSPS) is 10.8. The quantitative estimate of drug-likeness (QED) is 0.828. The molecule has 0 fully saturated rings. The summed E-state index contributed by atoms with van der Waals surface area (Å²) < 4.78 is 14.9. The fourth-order valence-electron chi connectivity index (χ4n) is 1.75. The van der Waals surface area contributed by atoms with Crippen LogP contribution in [0.5, 0.6) is 0 Å². The number of benzene rings is 1. The molecule has 0 aliphatic carbocycles. The van der Waals surface area contributed by atoms with E-state index in [9.17, 15) is 4.39 Å². The van der Waals surface area contributed by atoms with Crippen LogP contribution < -0.4 is 0 Å². The maximum Gasteiger partial charge on any atom is 0.123 e. The smallest absolute Gasteiger partial charge is 0.123 e. The molecule has 2 rings (SSSR count). The van der Waals surface area contributed by atoms with E-state index in [2.05, 4.69) is 11.4 Å². The molecule has 1 heterocycles. The Hall–Kier alpha value is -1.29. The van der Waals surface area contributed by atoms with Crippen LogP contribution in [0, 0.1) is 12.7 Å². The van der Waals surface area contributed by atoms with Gasteiger partial charge in [-0.05, 0) is 49.1 Å².